The lowest BCUT2D eigenvalue weighted by Crippen LogP contribution is -2.26. The molecular weight excluding hydrogens is 324 g/mol. The molecule has 1 aliphatic rings. The van der Waals surface area contributed by atoms with E-state index in [2.05, 4.69) is 20.8 Å². The van der Waals surface area contributed by atoms with E-state index in [9.17, 15) is 4.79 Å². The van der Waals surface area contributed by atoms with E-state index in [1.54, 1.807) is 19.2 Å². The molecule has 8 nitrogen and oxygen atoms in total. The van der Waals surface area contributed by atoms with E-state index in [0.717, 1.165) is 17.9 Å². The quantitative estimate of drug-likeness (QED) is 0.739. The van der Waals surface area contributed by atoms with Gasteiger partial charge in [0.2, 0.25) is 0 Å². The number of carbonyl (C=O) groups is 1. The minimum absolute atomic E-state index is 0.255. The Balaban J connectivity index is 1.58. The number of anilines is 2. The van der Waals surface area contributed by atoms with Crippen molar-refractivity contribution < 1.29 is 19.0 Å². The fourth-order valence-electron chi connectivity index (χ4n) is 2.30. The Kier molecular flexibility index (Phi) is 5.63. The monoisotopic (exact) mass is 344 g/mol. The highest BCUT2D eigenvalue weighted by atomic mass is 16.6. The normalized spacial score (nSPS) is 12.5. The number of fused-ring (bicyclic) bond motifs is 1. The van der Waals surface area contributed by atoms with Gasteiger partial charge in [0.1, 0.15) is 13.2 Å². The molecule has 0 spiro atoms. The number of nitrogens with one attached hydrogen (secondary N) is 2. The summed E-state index contributed by atoms with van der Waals surface area (Å²) >= 11 is 0. The molecule has 2 N–H and O–H groups in total. The molecule has 25 heavy (non-hydrogen) atoms. The first kappa shape index (κ1) is 17.0. The van der Waals surface area contributed by atoms with E-state index < -0.39 is 0 Å². The second-order valence-electron chi connectivity index (χ2n) is 5.39. The van der Waals surface area contributed by atoms with Crippen LogP contribution < -0.4 is 20.1 Å². The van der Waals surface area contributed by atoms with Crippen LogP contribution in [0.2, 0.25) is 0 Å². The lowest BCUT2D eigenvalue weighted by molar-refractivity contribution is 0.0942. The van der Waals surface area contributed by atoms with Crippen molar-refractivity contribution in [1.29, 1.82) is 0 Å². The molecule has 3 rings (SSSR count). The van der Waals surface area contributed by atoms with Crippen molar-refractivity contribution in [2.75, 3.05) is 38.8 Å². The molecule has 1 aromatic heterocycles. The summed E-state index contributed by atoms with van der Waals surface area (Å²) in [4.78, 5) is 11.9. The SMILES string of the molecule is COCCCNC(=O)c1ccc(Nc2ccc3c(c2)OCCO3)nn1. The molecule has 1 aliphatic heterocycles. The third kappa shape index (κ3) is 4.57. The van der Waals surface area contributed by atoms with Crippen molar-refractivity contribution >= 4 is 17.4 Å². The van der Waals surface area contributed by atoms with Crippen molar-refractivity contribution in [2.45, 2.75) is 6.42 Å². The molecule has 1 amide bonds. The third-order valence-electron chi connectivity index (χ3n) is 3.52. The third-order valence-corrected chi connectivity index (χ3v) is 3.52. The maximum Gasteiger partial charge on any atom is 0.271 e. The van der Waals surface area contributed by atoms with Gasteiger partial charge in [0.25, 0.3) is 5.91 Å². The zero-order valence-electron chi connectivity index (χ0n) is 13.9. The van der Waals surface area contributed by atoms with Crippen LogP contribution in [0.3, 0.4) is 0 Å². The average molecular weight is 344 g/mol. The van der Waals surface area contributed by atoms with Gasteiger partial charge < -0.3 is 24.8 Å². The topological polar surface area (TPSA) is 94.6 Å². The zero-order valence-corrected chi connectivity index (χ0v) is 13.9. The average Bonchev–Trinajstić information content (AvgIpc) is 2.65. The fourth-order valence-corrected chi connectivity index (χ4v) is 2.30. The first-order valence-electron chi connectivity index (χ1n) is 8.04. The Hall–Kier alpha value is -2.87. The predicted octanol–water partition coefficient (Wildman–Crippen LogP) is 1.76. The molecule has 0 saturated heterocycles. The lowest BCUT2D eigenvalue weighted by Gasteiger charge is -2.19. The van der Waals surface area contributed by atoms with Crippen molar-refractivity contribution in [2.24, 2.45) is 0 Å². The molecule has 0 radical (unpaired) electrons. The Labute approximate surface area is 145 Å². The maximum atomic E-state index is 11.9. The number of hydrogen-bond donors (Lipinski definition) is 2. The summed E-state index contributed by atoms with van der Waals surface area (Å²) in [7, 11) is 1.63. The van der Waals surface area contributed by atoms with Gasteiger partial charge in [-0.05, 0) is 30.7 Å². The van der Waals surface area contributed by atoms with E-state index >= 15 is 0 Å². The molecule has 2 aromatic rings. The number of rotatable bonds is 7. The maximum absolute atomic E-state index is 11.9. The molecule has 8 heteroatoms. The number of hydrogen-bond acceptors (Lipinski definition) is 7. The summed E-state index contributed by atoms with van der Waals surface area (Å²) in [5.41, 5.74) is 1.07. The van der Waals surface area contributed by atoms with Crippen LogP contribution in [0.25, 0.3) is 0 Å². The number of benzene rings is 1. The van der Waals surface area contributed by atoms with Crippen molar-refractivity contribution in [3.05, 3.63) is 36.0 Å². The first-order valence-corrected chi connectivity index (χ1v) is 8.04. The zero-order chi connectivity index (χ0) is 17.5. The first-order chi connectivity index (χ1) is 12.3. The summed E-state index contributed by atoms with van der Waals surface area (Å²) < 4.78 is 16.0. The lowest BCUT2D eigenvalue weighted by atomic mass is 10.2. The van der Waals surface area contributed by atoms with Gasteiger partial charge in [-0.1, -0.05) is 0 Å². The van der Waals surface area contributed by atoms with Gasteiger partial charge in [-0.2, -0.15) is 0 Å². The molecule has 2 heterocycles. The molecule has 0 atom stereocenters. The van der Waals surface area contributed by atoms with Crippen molar-refractivity contribution in [3.8, 4) is 11.5 Å². The second-order valence-corrected chi connectivity index (χ2v) is 5.39. The van der Waals surface area contributed by atoms with Crippen LogP contribution in [-0.4, -0.2) is 49.6 Å². The molecule has 0 fully saturated rings. The molecule has 0 saturated carbocycles. The smallest absolute Gasteiger partial charge is 0.271 e. The molecule has 0 unspecified atom stereocenters. The largest absolute Gasteiger partial charge is 0.486 e. The van der Waals surface area contributed by atoms with E-state index in [1.807, 2.05) is 18.2 Å². The van der Waals surface area contributed by atoms with Gasteiger partial charge in [0.05, 0.1) is 0 Å². The van der Waals surface area contributed by atoms with Crippen LogP contribution in [0.4, 0.5) is 11.5 Å². The van der Waals surface area contributed by atoms with E-state index in [0.29, 0.717) is 37.9 Å². The van der Waals surface area contributed by atoms with Crippen molar-refractivity contribution in [3.63, 3.8) is 0 Å². The summed E-state index contributed by atoms with van der Waals surface area (Å²) in [6, 6.07) is 8.87. The van der Waals surface area contributed by atoms with Crippen LogP contribution in [0, 0.1) is 0 Å². The van der Waals surface area contributed by atoms with E-state index in [4.69, 9.17) is 14.2 Å². The number of ether oxygens (including phenoxy) is 3. The number of amides is 1. The van der Waals surface area contributed by atoms with E-state index in [-0.39, 0.29) is 11.6 Å². The summed E-state index contributed by atoms with van der Waals surface area (Å²) in [5.74, 6) is 1.70. The van der Waals surface area contributed by atoms with Gasteiger partial charge in [-0.3, -0.25) is 4.79 Å². The minimum atomic E-state index is -0.255. The number of nitrogens with zero attached hydrogens (tertiary/aromatic N) is 2. The molecule has 1 aromatic carbocycles. The highest BCUT2D eigenvalue weighted by Gasteiger charge is 2.12. The Morgan fingerprint density at radius 1 is 1.16 bits per heavy atom. The van der Waals surface area contributed by atoms with Crippen LogP contribution in [0.1, 0.15) is 16.9 Å². The summed E-state index contributed by atoms with van der Waals surface area (Å²) in [5, 5.41) is 13.9. The van der Waals surface area contributed by atoms with Gasteiger partial charge >= 0.3 is 0 Å². The highest BCUT2D eigenvalue weighted by molar-refractivity contribution is 5.92. The second kappa shape index (κ2) is 8.29. The number of methoxy groups -OCH3 is 1. The van der Waals surface area contributed by atoms with Crippen LogP contribution >= 0.6 is 0 Å². The van der Waals surface area contributed by atoms with Gasteiger partial charge in [0, 0.05) is 32.0 Å². The number of carbonyl (C=O) groups excluding carboxylic acids is 1. The Morgan fingerprint density at radius 3 is 2.76 bits per heavy atom. The van der Waals surface area contributed by atoms with Crippen LogP contribution in [0.15, 0.2) is 30.3 Å². The molecule has 0 aliphatic carbocycles. The number of aromatic nitrogens is 2. The fraction of sp³-hybridized carbons (Fsp3) is 0.353. The Bertz CT molecular complexity index is 721. The minimum Gasteiger partial charge on any atom is -0.486 e. The van der Waals surface area contributed by atoms with Crippen LogP contribution in [0.5, 0.6) is 11.5 Å². The van der Waals surface area contributed by atoms with Crippen molar-refractivity contribution in [1.82, 2.24) is 15.5 Å². The predicted molar refractivity (Wildman–Crippen MR) is 91.6 cm³/mol. The Morgan fingerprint density at radius 2 is 2.00 bits per heavy atom. The van der Waals surface area contributed by atoms with E-state index in [1.165, 1.54) is 0 Å². The summed E-state index contributed by atoms with van der Waals surface area (Å²) in [6.07, 6.45) is 0.749. The highest BCUT2D eigenvalue weighted by Crippen LogP contribution is 2.33. The van der Waals surface area contributed by atoms with Crippen LogP contribution in [-0.2, 0) is 4.74 Å². The molecule has 132 valence electrons. The van der Waals surface area contributed by atoms with Gasteiger partial charge in [-0.25, -0.2) is 0 Å². The molecule has 0 bridgehead atoms. The summed E-state index contributed by atoms with van der Waals surface area (Å²) in [6.45, 7) is 2.22. The van der Waals surface area contributed by atoms with Gasteiger partial charge in [0.15, 0.2) is 23.0 Å². The standard InChI is InChI=1S/C17H20N4O4/c1-23-8-2-7-18-17(22)13-4-6-16(21-20-13)19-12-3-5-14-15(11-12)25-10-9-24-14/h3-6,11H,2,7-10H2,1H3,(H,18,22)(H,19,21). The molecular formula is C17H20N4O4. The van der Waals surface area contributed by atoms with Gasteiger partial charge in [-0.15, -0.1) is 10.2 Å².